The summed E-state index contributed by atoms with van der Waals surface area (Å²) in [5, 5.41) is 4.40. The number of aromatic nitrogens is 2. The lowest BCUT2D eigenvalue weighted by Gasteiger charge is -2.24. The van der Waals surface area contributed by atoms with Crippen molar-refractivity contribution < 1.29 is 4.79 Å². The van der Waals surface area contributed by atoms with Gasteiger partial charge in [-0.05, 0) is 51.0 Å². The minimum absolute atomic E-state index is 0.00579. The van der Waals surface area contributed by atoms with Gasteiger partial charge in [0.2, 0.25) is 5.91 Å². The van der Waals surface area contributed by atoms with E-state index in [1.54, 1.807) is 22.0 Å². The van der Waals surface area contributed by atoms with E-state index in [1.807, 2.05) is 20.8 Å². The first kappa shape index (κ1) is 21.1. The molecule has 1 amide bonds. The molecule has 0 fully saturated rings. The second-order valence-electron chi connectivity index (χ2n) is 8.21. The number of carbonyl (C=O) groups is 1. The summed E-state index contributed by atoms with van der Waals surface area (Å²) in [6.45, 7) is 12.5. The number of allylic oxidation sites excluding steroid dienone is 1. The maximum atomic E-state index is 13.2. The fourth-order valence-corrected chi connectivity index (χ4v) is 5.67. The van der Waals surface area contributed by atoms with E-state index in [4.69, 9.17) is 4.98 Å². The predicted octanol–water partition coefficient (Wildman–Crippen LogP) is 4.17. The van der Waals surface area contributed by atoms with Crippen molar-refractivity contribution in [3.8, 4) is 0 Å². The van der Waals surface area contributed by atoms with Crippen molar-refractivity contribution in [2.45, 2.75) is 70.6 Å². The van der Waals surface area contributed by atoms with Crippen LogP contribution in [-0.2, 0) is 24.2 Å². The molecule has 0 unspecified atom stereocenters. The number of amides is 1. The third-order valence-corrected chi connectivity index (χ3v) is 7.51. The highest BCUT2D eigenvalue weighted by molar-refractivity contribution is 7.99. The number of thiophene rings is 1. The van der Waals surface area contributed by atoms with Crippen LogP contribution in [-0.4, -0.2) is 26.8 Å². The Hall–Kier alpha value is -1.60. The van der Waals surface area contributed by atoms with Crippen LogP contribution in [0.5, 0.6) is 0 Å². The van der Waals surface area contributed by atoms with E-state index < -0.39 is 0 Å². The van der Waals surface area contributed by atoms with E-state index in [0.717, 1.165) is 35.9 Å². The second kappa shape index (κ2) is 8.41. The SMILES string of the molecule is C=CCn1c(SCC(=O)NC(C)(C)CC)nc2sc3c(c2c1=O)CC[C@H](C)C3. The number of hydrogen-bond donors (Lipinski definition) is 1. The van der Waals surface area contributed by atoms with Gasteiger partial charge in [-0.1, -0.05) is 31.7 Å². The Morgan fingerprint density at radius 2 is 2.25 bits per heavy atom. The predicted molar refractivity (Wildman–Crippen MR) is 119 cm³/mol. The lowest BCUT2D eigenvalue weighted by Crippen LogP contribution is -2.43. The van der Waals surface area contributed by atoms with Crippen LogP contribution in [0.25, 0.3) is 10.2 Å². The molecule has 5 nitrogen and oxygen atoms in total. The van der Waals surface area contributed by atoms with Gasteiger partial charge in [-0.25, -0.2) is 4.98 Å². The molecule has 0 spiro atoms. The molecule has 1 N–H and O–H groups in total. The average molecular weight is 420 g/mol. The van der Waals surface area contributed by atoms with Crippen LogP contribution in [0.4, 0.5) is 0 Å². The summed E-state index contributed by atoms with van der Waals surface area (Å²) in [6, 6.07) is 0. The fourth-order valence-electron chi connectivity index (χ4n) is 3.44. The molecule has 0 aromatic carbocycles. The van der Waals surface area contributed by atoms with Crippen molar-refractivity contribution in [1.82, 2.24) is 14.9 Å². The first-order chi connectivity index (χ1) is 13.3. The molecule has 0 aliphatic heterocycles. The molecular weight excluding hydrogens is 390 g/mol. The number of rotatable bonds is 7. The van der Waals surface area contributed by atoms with Crippen LogP contribution in [0.2, 0.25) is 0 Å². The number of fused-ring (bicyclic) bond motifs is 3. The molecule has 28 heavy (non-hydrogen) atoms. The van der Waals surface area contributed by atoms with E-state index in [9.17, 15) is 9.59 Å². The number of nitrogens with one attached hydrogen (secondary N) is 1. The van der Waals surface area contributed by atoms with E-state index in [1.165, 1.54) is 22.2 Å². The zero-order valence-corrected chi connectivity index (χ0v) is 18.8. The van der Waals surface area contributed by atoms with Crippen LogP contribution < -0.4 is 10.9 Å². The van der Waals surface area contributed by atoms with Crippen LogP contribution in [0.3, 0.4) is 0 Å². The van der Waals surface area contributed by atoms with Crippen LogP contribution in [0, 0.1) is 5.92 Å². The van der Waals surface area contributed by atoms with E-state index in [2.05, 4.69) is 18.8 Å². The van der Waals surface area contributed by atoms with Crippen molar-refractivity contribution in [2.75, 3.05) is 5.75 Å². The maximum absolute atomic E-state index is 13.2. The van der Waals surface area contributed by atoms with Crippen molar-refractivity contribution in [2.24, 2.45) is 5.92 Å². The summed E-state index contributed by atoms with van der Waals surface area (Å²) in [4.78, 5) is 32.5. The molecule has 2 aromatic rings. The number of carbonyl (C=O) groups excluding carboxylic acids is 1. The summed E-state index contributed by atoms with van der Waals surface area (Å²) < 4.78 is 1.66. The Balaban J connectivity index is 1.93. The van der Waals surface area contributed by atoms with Gasteiger partial charge >= 0.3 is 0 Å². The highest BCUT2D eigenvalue weighted by Crippen LogP contribution is 2.36. The molecule has 1 atom stereocenters. The summed E-state index contributed by atoms with van der Waals surface area (Å²) in [5.41, 5.74) is 0.945. The molecule has 7 heteroatoms. The van der Waals surface area contributed by atoms with Gasteiger partial charge in [-0.3, -0.25) is 14.2 Å². The van der Waals surface area contributed by atoms with Gasteiger partial charge in [0.15, 0.2) is 5.16 Å². The van der Waals surface area contributed by atoms with Crippen molar-refractivity contribution in [3.05, 3.63) is 33.4 Å². The first-order valence-corrected chi connectivity index (χ1v) is 11.7. The number of nitrogens with zero attached hydrogens (tertiary/aromatic N) is 2. The first-order valence-electron chi connectivity index (χ1n) is 9.85. The Labute approximate surface area is 174 Å². The van der Waals surface area contributed by atoms with Crippen molar-refractivity contribution in [3.63, 3.8) is 0 Å². The van der Waals surface area contributed by atoms with E-state index >= 15 is 0 Å². The van der Waals surface area contributed by atoms with Crippen molar-refractivity contribution >= 4 is 39.2 Å². The largest absolute Gasteiger partial charge is 0.351 e. The van der Waals surface area contributed by atoms with Gasteiger partial charge < -0.3 is 5.32 Å². The Kier molecular flexibility index (Phi) is 6.34. The summed E-state index contributed by atoms with van der Waals surface area (Å²) >= 11 is 2.96. The minimum atomic E-state index is -0.237. The molecule has 1 aliphatic carbocycles. The monoisotopic (exact) mass is 419 g/mol. The minimum Gasteiger partial charge on any atom is -0.351 e. The average Bonchev–Trinajstić information content (AvgIpc) is 2.99. The third kappa shape index (κ3) is 4.35. The smallest absolute Gasteiger partial charge is 0.263 e. The molecule has 0 saturated carbocycles. The van der Waals surface area contributed by atoms with Gasteiger partial charge in [0.1, 0.15) is 4.83 Å². The van der Waals surface area contributed by atoms with E-state index in [0.29, 0.717) is 17.6 Å². The molecule has 0 saturated heterocycles. The standard InChI is InChI=1S/C21H29N3O2S2/c1-6-10-24-19(26)17-14-9-8-13(3)11-15(14)28-18(17)22-20(24)27-12-16(25)23-21(4,5)7-2/h6,13H,1,7-12H2,2-5H3,(H,23,25)/t13-/m0/s1. The molecule has 1 aliphatic rings. The van der Waals surface area contributed by atoms with Crippen LogP contribution in [0.1, 0.15) is 51.0 Å². The normalized spacial score (nSPS) is 16.8. The summed E-state index contributed by atoms with van der Waals surface area (Å²) in [6.07, 6.45) is 5.65. The van der Waals surface area contributed by atoms with Gasteiger partial charge in [-0.15, -0.1) is 17.9 Å². The Bertz CT molecular complexity index is 959. The number of hydrogen-bond acceptors (Lipinski definition) is 5. The lowest BCUT2D eigenvalue weighted by molar-refractivity contribution is -0.120. The van der Waals surface area contributed by atoms with Gasteiger partial charge in [0.05, 0.1) is 11.1 Å². The third-order valence-electron chi connectivity index (χ3n) is 5.39. The van der Waals surface area contributed by atoms with Gasteiger partial charge in [-0.2, -0.15) is 0 Å². The Morgan fingerprint density at radius 1 is 1.50 bits per heavy atom. The van der Waals surface area contributed by atoms with E-state index in [-0.39, 0.29) is 22.8 Å². The van der Waals surface area contributed by atoms with Crippen molar-refractivity contribution in [1.29, 1.82) is 0 Å². The maximum Gasteiger partial charge on any atom is 0.263 e. The summed E-state index contributed by atoms with van der Waals surface area (Å²) in [7, 11) is 0. The molecule has 0 bridgehead atoms. The lowest BCUT2D eigenvalue weighted by atomic mass is 9.89. The number of aryl methyl sites for hydroxylation is 1. The molecule has 2 aromatic heterocycles. The highest BCUT2D eigenvalue weighted by Gasteiger charge is 2.25. The topological polar surface area (TPSA) is 64.0 Å². The summed E-state index contributed by atoms with van der Waals surface area (Å²) in [5.74, 6) is 0.840. The molecule has 152 valence electrons. The fraction of sp³-hybridized carbons (Fsp3) is 0.571. The van der Waals surface area contributed by atoms with Gasteiger partial charge in [0.25, 0.3) is 5.56 Å². The molecule has 3 rings (SSSR count). The van der Waals surface area contributed by atoms with Crippen LogP contribution in [0.15, 0.2) is 22.6 Å². The molecule has 0 radical (unpaired) electrons. The second-order valence-corrected chi connectivity index (χ2v) is 10.2. The Morgan fingerprint density at radius 3 is 2.93 bits per heavy atom. The molecule has 2 heterocycles. The highest BCUT2D eigenvalue weighted by atomic mass is 32.2. The zero-order chi connectivity index (χ0) is 20.5. The zero-order valence-electron chi connectivity index (χ0n) is 17.1. The number of thioether (sulfide) groups is 1. The quantitative estimate of drug-likeness (QED) is 0.416. The van der Waals surface area contributed by atoms with Gasteiger partial charge in [0, 0.05) is 17.0 Å². The van der Waals surface area contributed by atoms with Crippen LogP contribution >= 0.6 is 23.1 Å². The molecular formula is C21H29N3O2S2.